The van der Waals surface area contributed by atoms with Crippen molar-refractivity contribution in [3.63, 3.8) is 0 Å². The highest BCUT2D eigenvalue weighted by Gasteiger charge is 2.37. The van der Waals surface area contributed by atoms with Gasteiger partial charge in [0, 0.05) is 21.3 Å². The van der Waals surface area contributed by atoms with Crippen LogP contribution in [0.4, 0.5) is 0 Å². The van der Waals surface area contributed by atoms with Crippen molar-refractivity contribution in [1.82, 2.24) is 0 Å². The molecule has 12 heavy (non-hydrogen) atoms. The number of methoxy groups -OCH3 is 3. The summed E-state index contributed by atoms with van der Waals surface area (Å²) in [6.45, 7) is 1.14. The minimum atomic E-state index is -0.00468. The molecule has 1 rings (SSSR count). The van der Waals surface area contributed by atoms with E-state index in [1.165, 1.54) is 0 Å². The Morgan fingerprint density at radius 2 is 2.00 bits per heavy atom. The Balaban J connectivity index is 2.44. The summed E-state index contributed by atoms with van der Waals surface area (Å²) in [6, 6.07) is 0. The van der Waals surface area contributed by atoms with Crippen molar-refractivity contribution in [1.29, 1.82) is 0 Å². The lowest BCUT2D eigenvalue weighted by Crippen LogP contribution is -2.35. The van der Waals surface area contributed by atoms with Crippen LogP contribution in [-0.2, 0) is 18.9 Å². The topological polar surface area (TPSA) is 36.9 Å². The molecule has 3 unspecified atom stereocenters. The van der Waals surface area contributed by atoms with E-state index in [-0.39, 0.29) is 18.3 Å². The highest BCUT2D eigenvalue weighted by molar-refractivity contribution is 4.85. The molecule has 4 heteroatoms. The van der Waals surface area contributed by atoms with Crippen molar-refractivity contribution in [2.24, 2.45) is 0 Å². The van der Waals surface area contributed by atoms with Gasteiger partial charge in [-0.2, -0.15) is 0 Å². The van der Waals surface area contributed by atoms with Gasteiger partial charge in [-0.1, -0.05) is 0 Å². The van der Waals surface area contributed by atoms with E-state index < -0.39 is 0 Å². The predicted molar refractivity (Wildman–Crippen MR) is 43.2 cm³/mol. The third-order valence-corrected chi connectivity index (χ3v) is 2.11. The van der Waals surface area contributed by atoms with Crippen LogP contribution in [-0.4, -0.2) is 52.9 Å². The lowest BCUT2D eigenvalue weighted by Gasteiger charge is -2.19. The first-order valence-electron chi connectivity index (χ1n) is 3.99. The monoisotopic (exact) mass is 176 g/mol. The molecular formula is C8H16O4. The lowest BCUT2D eigenvalue weighted by molar-refractivity contribution is -0.0461. The Labute approximate surface area is 72.7 Å². The molecule has 1 saturated heterocycles. The van der Waals surface area contributed by atoms with Crippen molar-refractivity contribution in [2.75, 3.05) is 34.5 Å². The molecule has 0 aliphatic carbocycles. The number of hydrogen-bond donors (Lipinski definition) is 0. The number of rotatable bonds is 4. The van der Waals surface area contributed by atoms with Crippen LogP contribution in [0.5, 0.6) is 0 Å². The first kappa shape index (κ1) is 9.92. The summed E-state index contributed by atoms with van der Waals surface area (Å²) in [5.74, 6) is 0. The van der Waals surface area contributed by atoms with Gasteiger partial charge in [0.15, 0.2) is 0 Å². The van der Waals surface area contributed by atoms with Crippen LogP contribution in [0.1, 0.15) is 0 Å². The average molecular weight is 176 g/mol. The molecule has 0 amide bonds. The minimum Gasteiger partial charge on any atom is -0.382 e. The summed E-state index contributed by atoms with van der Waals surface area (Å²) < 4.78 is 20.9. The smallest absolute Gasteiger partial charge is 0.114 e. The summed E-state index contributed by atoms with van der Waals surface area (Å²) in [5.41, 5.74) is 0. The molecule has 0 saturated carbocycles. The summed E-state index contributed by atoms with van der Waals surface area (Å²) in [4.78, 5) is 0. The van der Waals surface area contributed by atoms with E-state index in [9.17, 15) is 0 Å². The molecule has 4 nitrogen and oxygen atoms in total. The molecule has 0 aromatic carbocycles. The third kappa shape index (κ3) is 1.95. The molecule has 1 aliphatic heterocycles. The Kier molecular flexibility index (Phi) is 3.94. The maximum atomic E-state index is 5.43. The van der Waals surface area contributed by atoms with Gasteiger partial charge in [0.1, 0.15) is 18.3 Å². The summed E-state index contributed by atoms with van der Waals surface area (Å²) in [5, 5.41) is 0. The maximum Gasteiger partial charge on any atom is 0.114 e. The number of hydrogen-bond acceptors (Lipinski definition) is 4. The SMILES string of the molecule is COCC1OCC(OC)C1OC. The molecule has 1 fully saturated rings. The van der Waals surface area contributed by atoms with Gasteiger partial charge in [-0.25, -0.2) is 0 Å². The van der Waals surface area contributed by atoms with E-state index in [1.807, 2.05) is 0 Å². The van der Waals surface area contributed by atoms with Crippen LogP contribution < -0.4 is 0 Å². The van der Waals surface area contributed by atoms with Gasteiger partial charge in [0.25, 0.3) is 0 Å². The maximum absolute atomic E-state index is 5.43. The Bertz CT molecular complexity index is 128. The zero-order chi connectivity index (χ0) is 8.97. The van der Waals surface area contributed by atoms with Gasteiger partial charge < -0.3 is 18.9 Å². The molecule has 0 N–H and O–H groups in total. The first-order valence-corrected chi connectivity index (χ1v) is 3.99. The molecule has 0 bridgehead atoms. The second-order valence-corrected chi connectivity index (χ2v) is 2.80. The molecule has 72 valence electrons. The van der Waals surface area contributed by atoms with Gasteiger partial charge in [-0.15, -0.1) is 0 Å². The molecule has 3 atom stereocenters. The number of ether oxygens (including phenoxy) is 4. The lowest BCUT2D eigenvalue weighted by atomic mass is 10.1. The molecule has 0 radical (unpaired) electrons. The van der Waals surface area contributed by atoms with E-state index in [1.54, 1.807) is 21.3 Å². The fourth-order valence-corrected chi connectivity index (χ4v) is 1.46. The van der Waals surface area contributed by atoms with Gasteiger partial charge in [-0.05, 0) is 0 Å². The van der Waals surface area contributed by atoms with Gasteiger partial charge in [0.2, 0.25) is 0 Å². The third-order valence-electron chi connectivity index (χ3n) is 2.11. The van der Waals surface area contributed by atoms with Crippen LogP contribution in [0.25, 0.3) is 0 Å². The molecule has 1 heterocycles. The van der Waals surface area contributed by atoms with Crippen molar-refractivity contribution in [3.8, 4) is 0 Å². The highest BCUT2D eigenvalue weighted by Crippen LogP contribution is 2.19. The quantitative estimate of drug-likeness (QED) is 0.607. The largest absolute Gasteiger partial charge is 0.382 e. The van der Waals surface area contributed by atoms with Crippen LogP contribution in [0.3, 0.4) is 0 Å². The van der Waals surface area contributed by atoms with E-state index >= 15 is 0 Å². The van der Waals surface area contributed by atoms with Crippen LogP contribution in [0, 0.1) is 0 Å². The standard InChI is InChI=1S/C8H16O4/c1-9-4-7-8(11-3)6(10-2)5-12-7/h6-8H,4-5H2,1-3H3. The molecule has 0 aromatic rings. The Hall–Kier alpha value is -0.160. The van der Waals surface area contributed by atoms with E-state index in [2.05, 4.69) is 0 Å². The van der Waals surface area contributed by atoms with Gasteiger partial charge >= 0.3 is 0 Å². The molecule has 0 spiro atoms. The fourth-order valence-electron chi connectivity index (χ4n) is 1.46. The first-order chi connectivity index (χ1) is 5.83. The van der Waals surface area contributed by atoms with Gasteiger partial charge in [-0.3, -0.25) is 0 Å². The normalized spacial score (nSPS) is 35.8. The Morgan fingerprint density at radius 1 is 1.25 bits per heavy atom. The van der Waals surface area contributed by atoms with E-state index in [0.29, 0.717) is 13.2 Å². The molecular weight excluding hydrogens is 160 g/mol. The van der Waals surface area contributed by atoms with Crippen LogP contribution >= 0.6 is 0 Å². The zero-order valence-corrected chi connectivity index (χ0v) is 7.78. The van der Waals surface area contributed by atoms with Crippen LogP contribution in [0.2, 0.25) is 0 Å². The molecule has 0 aromatic heterocycles. The van der Waals surface area contributed by atoms with E-state index in [0.717, 1.165) is 0 Å². The van der Waals surface area contributed by atoms with Crippen molar-refractivity contribution >= 4 is 0 Å². The minimum absolute atomic E-state index is 0.00458. The summed E-state index contributed by atoms with van der Waals surface area (Å²) >= 11 is 0. The zero-order valence-electron chi connectivity index (χ0n) is 7.78. The van der Waals surface area contributed by atoms with Gasteiger partial charge in [0.05, 0.1) is 13.2 Å². The molecule has 1 aliphatic rings. The fraction of sp³-hybridized carbons (Fsp3) is 1.00. The summed E-state index contributed by atoms with van der Waals surface area (Å²) in [6.07, 6.45) is 0.0371. The second kappa shape index (κ2) is 4.77. The van der Waals surface area contributed by atoms with Crippen molar-refractivity contribution < 1.29 is 18.9 Å². The van der Waals surface area contributed by atoms with Crippen molar-refractivity contribution in [2.45, 2.75) is 18.3 Å². The highest BCUT2D eigenvalue weighted by atomic mass is 16.6. The second-order valence-electron chi connectivity index (χ2n) is 2.80. The van der Waals surface area contributed by atoms with E-state index in [4.69, 9.17) is 18.9 Å². The van der Waals surface area contributed by atoms with Crippen LogP contribution in [0.15, 0.2) is 0 Å². The predicted octanol–water partition coefficient (Wildman–Crippen LogP) is 0.0616. The summed E-state index contributed by atoms with van der Waals surface area (Å²) in [7, 11) is 4.97. The van der Waals surface area contributed by atoms with Crippen molar-refractivity contribution in [3.05, 3.63) is 0 Å². The average Bonchev–Trinajstić information content (AvgIpc) is 2.47. The Morgan fingerprint density at radius 3 is 2.50 bits per heavy atom.